The summed E-state index contributed by atoms with van der Waals surface area (Å²) in [7, 11) is -3.69. The van der Waals surface area contributed by atoms with Crippen LogP contribution in [0.4, 0.5) is 19.3 Å². The molecule has 0 radical (unpaired) electrons. The molecule has 2 aromatic carbocycles. The number of alkyl halides is 2. The van der Waals surface area contributed by atoms with Gasteiger partial charge in [-0.05, 0) is 42.3 Å². The van der Waals surface area contributed by atoms with Crippen molar-refractivity contribution in [2.75, 3.05) is 23.8 Å². The topological polar surface area (TPSA) is 92.8 Å². The van der Waals surface area contributed by atoms with E-state index in [0.29, 0.717) is 11.3 Å². The van der Waals surface area contributed by atoms with Gasteiger partial charge in [-0.15, -0.1) is 0 Å². The first-order chi connectivity index (χ1) is 13.7. The first-order valence-corrected chi connectivity index (χ1v) is 10.3. The lowest BCUT2D eigenvalue weighted by molar-refractivity contribution is -0.117. The van der Waals surface area contributed by atoms with Gasteiger partial charge in [0.1, 0.15) is 18.9 Å². The largest absolute Gasteiger partial charge is 0.488 e. The van der Waals surface area contributed by atoms with E-state index < -0.39 is 34.8 Å². The van der Waals surface area contributed by atoms with Crippen molar-refractivity contribution < 1.29 is 31.5 Å². The summed E-state index contributed by atoms with van der Waals surface area (Å²) >= 11 is 0. The predicted molar refractivity (Wildman–Crippen MR) is 101 cm³/mol. The highest BCUT2D eigenvalue weighted by Crippen LogP contribution is 2.22. The Labute approximate surface area is 166 Å². The molecule has 29 heavy (non-hydrogen) atoms. The van der Waals surface area contributed by atoms with Crippen molar-refractivity contribution in [3.05, 3.63) is 54.1 Å². The normalized spacial score (nSPS) is 14.4. The lowest BCUT2D eigenvalue weighted by atomic mass is 10.1. The number of imide groups is 1. The minimum atomic E-state index is -3.69. The van der Waals surface area contributed by atoms with Crippen LogP contribution in [0.25, 0.3) is 0 Å². The van der Waals surface area contributed by atoms with Gasteiger partial charge in [-0.25, -0.2) is 22.0 Å². The molecule has 10 heteroatoms. The van der Waals surface area contributed by atoms with Crippen LogP contribution < -0.4 is 15.0 Å². The molecule has 0 unspecified atom stereocenters. The van der Waals surface area contributed by atoms with E-state index in [-0.39, 0.29) is 29.4 Å². The van der Waals surface area contributed by atoms with Gasteiger partial charge in [0.05, 0.1) is 10.6 Å². The van der Waals surface area contributed by atoms with E-state index in [9.17, 15) is 26.8 Å². The quantitative estimate of drug-likeness (QED) is 0.657. The van der Waals surface area contributed by atoms with Crippen molar-refractivity contribution in [3.8, 4) is 5.75 Å². The van der Waals surface area contributed by atoms with Gasteiger partial charge in [0.25, 0.3) is 6.43 Å². The lowest BCUT2D eigenvalue weighted by Crippen LogP contribution is -2.27. The summed E-state index contributed by atoms with van der Waals surface area (Å²) in [5, 5.41) is 2.18. The van der Waals surface area contributed by atoms with Gasteiger partial charge >= 0.3 is 6.03 Å². The van der Waals surface area contributed by atoms with Gasteiger partial charge in [0.2, 0.25) is 5.91 Å². The number of ether oxygens (including phenoxy) is 1. The minimum absolute atomic E-state index is 0.0232. The molecular weight excluding hydrogens is 406 g/mol. The molecule has 3 rings (SSSR count). The molecular formula is C19H18F2N2O5S. The fourth-order valence-corrected chi connectivity index (χ4v) is 4.14. The van der Waals surface area contributed by atoms with Crippen LogP contribution in [0.3, 0.4) is 0 Å². The number of sulfone groups is 1. The van der Waals surface area contributed by atoms with Gasteiger partial charge in [0.15, 0.2) is 9.84 Å². The molecule has 1 aliphatic rings. The van der Waals surface area contributed by atoms with E-state index in [1.807, 2.05) is 0 Å². The Morgan fingerprint density at radius 3 is 2.55 bits per heavy atom. The number of amides is 3. The summed E-state index contributed by atoms with van der Waals surface area (Å²) in [6.45, 7) is -0.908. The SMILES string of the molecule is O=C1CN(c2cccc(CCS(=O)(=O)c3cccc(OCC(F)F)c3)c2)C(=O)N1. The van der Waals surface area contributed by atoms with Crippen LogP contribution in [0.5, 0.6) is 5.75 Å². The summed E-state index contributed by atoms with van der Waals surface area (Å²) in [6.07, 6.45) is -2.49. The van der Waals surface area contributed by atoms with Crippen LogP contribution in [0.1, 0.15) is 5.56 Å². The maximum atomic E-state index is 12.6. The highest BCUT2D eigenvalue weighted by molar-refractivity contribution is 7.91. The third kappa shape index (κ3) is 5.29. The van der Waals surface area contributed by atoms with Gasteiger partial charge in [-0.3, -0.25) is 15.0 Å². The molecule has 1 saturated heterocycles. The van der Waals surface area contributed by atoms with Gasteiger partial charge in [-0.1, -0.05) is 18.2 Å². The van der Waals surface area contributed by atoms with E-state index in [1.54, 1.807) is 24.3 Å². The van der Waals surface area contributed by atoms with Crippen molar-refractivity contribution in [2.45, 2.75) is 17.7 Å². The molecule has 0 atom stereocenters. The number of anilines is 1. The van der Waals surface area contributed by atoms with Crippen LogP contribution >= 0.6 is 0 Å². The summed E-state index contributed by atoms with van der Waals surface area (Å²) < 4.78 is 54.6. The Morgan fingerprint density at radius 2 is 1.86 bits per heavy atom. The molecule has 1 fully saturated rings. The van der Waals surface area contributed by atoms with Crippen LogP contribution in [0.2, 0.25) is 0 Å². The molecule has 2 aromatic rings. The second kappa shape index (κ2) is 8.56. The van der Waals surface area contributed by atoms with Crippen molar-refractivity contribution in [1.29, 1.82) is 0 Å². The van der Waals surface area contributed by atoms with E-state index in [4.69, 9.17) is 4.74 Å². The van der Waals surface area contributed by atoms with Crippen molar-refractivity contribution in [3.63, 3.8) is 0 Å². The molecule has 1 aliphatic heterocycles. The summed E-state index contributed by atoms with van der Waals surface area (Å²) in [5.41, 5.74) is 1.16. The second-order valence-corrected chi connectivity index (χ2v) is 8.46. The van der Waals surface area contributed by atoms with Crippen LogP contribution in [-0.2, 0) is 21.1 Å². The molecule has 0 aromatic heterocycles. The van der Waals surface area contributed by atoms with Crippen LogP contribution in [-0.4, -0.2) is 45.7 Å². The zero-order chi connectivity index (χ0) is 21.0. The molecule has 3 amide bonds. The van der Waals surface area contributed by atoms with Crippen LogP contribution in [0.15, 0.2) is 53.4 Å². The first-order valence-electron chi connectivity index (χ1n) is 8.69. The zero-order valence-corrected chi connectivity index (χ0v) is 16.0. The molecule has 7 nitrogen and oxygen atoms in total. The fourth-order valence-electron chi connectivity index (χ4n) is 2.82. The number of carbonyl (C=O) groups excluding carboxylic acids is 2. The smallest absolute Gasteiger partial charge is 0.329 e. The lowest BCUT2D eigenvalue weighted by Gasteiger charge is -2.14. The summed E-state index contributed by atoms with van der Waals surface area (Å²) in [5.74, 6) is -0.574. The fraction of sp³-hybridized carbons (Fsp3) is 0.263. The number of hydrogen-bond acceptors (Lipinski definition) is 5. The second-order valence-electron chi connectivity index (χ2n) is 6.36. The number of aryl methyl sites for hydroxylation is 1. The number of urea groups is 1. The molecule has 1 heterocycles. The van der Waals surface area contributed by atoms with Gasteiger partial charge in [-0.2, -0.15) is 0 Å². The van der Waals surface area contributed by atoms with E-state index in [0.717, 1.165) is 0 Å². The Bertz CT molecular complexity index is 1030. The molecule has 1 N–H and O–H groups in total. The number of hydrogen-bond donors (Lipinski definition) is 1. The van der Waals surface area contributed by atoms with Gasteiger partial charge in [0, 0.05) is 5.69 Å². The maximum absolute atomic E-state index is 12.6. The molecule has 154 valence electrons. The average molecular weight is 424 g/mol. The number of rotatable bonds is 8. The number of halogens is 2. The molecule has 0 spiro atoms. The highest BCUT2D eigenvalue weighted by atomic mass is 32.2. The van der Waals surface area contributed by atoms with E-state index in [2.05, 4.69) is 5.32 Å². The Balaban J connectivity index is 1.69. The predicted octanol–water partition coefficient (Wildman–Crippen LogP) is 2.40. The first kappa shape index (κ1) is 20.7. The minimum Gasteiger partial charge on any atom is -0.488 e. The number of nitrogens with one attached hydrogen (secondary N) is 1. The average Bonchev–Trinajstić information content (AvgIpc) is 3.03. The van der Waals surface area contributed by atoms with E-state index >= 15 is 0 Å². The molecule has 0 aliphatic carbocycles. The number of nitrogens with zero attached hydrogens (tertiary/aromatic N) is 1. The number of carbonyl (C=O) groups is 2. The summed E-state index contributed by atoms with van der Waals surface area (Å²) in [4.78, 5) is 24.4. The Morgan fingerprint density at radius 1 is 1.10 bits per heavy atom. The van der Waals surface area contributed by atoms with Crippen molar-refractivity contribution in [1.82, 2.24) is 5.32 Å². The van der Waals surface area contributed by atoms with Crippen LogP contribution in [0, 0.1) is 0 Å². The highest BCUT2D eigenvalue weighted by Gasteiger charge is 2.28. The third-order valence-corrected chi connectivity index (χ3v) is 5.93. The monoisotopic (exact) mass is 424 g/mol. The molecule has 0 bridgehead atoms. The third-order valence-electron chi connectivity index (χ3n) is 4.22. The standard InChI is InChI=1S/C19H18F2N2O5S/c20-17(21)12-28-15-5-2-6-16(10-15)29(26,27)8-7-13-3-1-4-14(9-13)23-11-18(24)22-19(23)25/h1-6,9-10,17H,7-8,11-12H2,(H,22,24,25). The Hall–Kier alpha value is -3.01. The summed E-state index contributed by atoms with van der Waals surface area (Å²) in [6, 6.07) is 11.6. The number of benzene rings is 2. The Kier molecular flexibility index (Phi) is 6.12. The maximum Gasteiger partial charge on any atom is 0.329 e. The molecule has 0 saturated carbocycles. The van der Waals surface area contributed by atoms with E-state index in [1.165, 1.54) is 29.2 Å². The van der Waals surface area contributed by atoms with Crippen molar-refractivity contribution >= 4 is 27.5 Å². The van der Waals surface area contributed by atoms with Gasteiger partial charge < -0.3 is 4.74 Å². The zero-order valence-electron chi connectivity index (χ0n) is 15.2. The van der Waals surface area contributed by atoms with Crippen molar-refractivity contribution in [2.24, 2.45) is 0 Å².